The molecule has 0 spiro atoms. The standard InChI is InChI=1S/C19H40N4/c1-6-20-9-11-22(12-10-20)18(4)7-8-19(5)23-15-13-21(14-16-23)17(2)3/h17-19H,6-16H2,1-5H3. The van der Waals surface area contributed by atoms with E-state index in [1.165, 1.54) is 71.7 Å². The molecular formula is C19H40N4. The number of nitrogens with zero attached hydrogens (tertiary/aromatic N) is 4. The number of piperazine rings is 2. The Labute approximate surface area is 144 Å². The molecule has 2 atom stereocenters. The van der Waals surface area contributed by atoms with Gasteiger partial charge in [-0.3, -0.25) is 14.7 Å². The number of hydrogen-bond donors (Lipinski definition) is 0. The number of rotatable bonds is 7. The lowest BCUT2D eigenvalue weighted by molar-refractivity contribution is 0.0698. The van der Waals surface area contributed by atoms with Crippen LogP contribution in [0, 0.1) is 0 Å². The molecule has 136 valence electrons. The van der Waals surface area contributed by atoms with Gasteiger partial charge in [-0.2, -0.15) is 0 Å². The van der Waals surface area contributed by atoms with Crippen LogP contribution in [0.15, 0.2) is 0 Å². The highest BCUT2D eigenvalue weighted by atomic mass is 15.3. The largest absolute Gasteiger partial charge is 0.301 e. The van der Waals surface area contributed by atoms with Gasteiger partial charge < -0.3 is 4.90 Å². The van der Waals surface area contributed by atoms with Crippen molar-refractivity contribution in [3.05, 3.63) is 0 Å². The van der Waals surface area contributed by atoms with E-state index in [4.69, 9.17) is 0 Å². The molecule has 4 heteroatoms. The zero-order valence-electron chi connectivity index (χ0n) is 16.3. The van der Waals surface area contributed by atoms with Crippen molar-refractivity contribution in [2.45, 2.75) is 65.6 Å². The third kappa shape index (κ3) is 5.70. The molecule has 0 bridgehead atoms. The average Bonchev–Trinajstić information content (AvgIpc) is 2.59. The molecule has 4 nitrogen and oxygen atoms in total. The summed E-state index contributed by atoms with van der Waals surface area (Å²) in [4.78, 5) is 10.6. The van der Waals surface area contributed by atoms with Crippen molar-refractivity contribution in [1.82, 2.24) is 19.6 Å². The van der Waals surface area contributed by atoms with Crippen LogP contribution in [0.1, 0.15) is 47.5 Å². The minimum atomic E-state index is 0.703. The van der Waals surface area contributed by atoms with Gasteiger partial charge in [0.15, 0.2) is 0 Å². The van der Waals surface area contributed by atoms with Gasteiger partial charge in [0.25, 0.3) is 0 Å². The minimum absolute atomic E-state index is 0.703. The highest BCUT2D eigenvalue weighted by Crippen LogP contribution is 2.16. The quantitative estimate of drug-likeness (QED) is 0.712. The SMILES string of the molecule is CCN1CCN(C(C)CCC(C)N2CCN(C(C)C)CC2)CC1. The second-order valence-corrected chi connectivity index (χ2v) is 7.91. The first-order valence-corrected chi connectivity index (χ1v) is 9.95. The lowest BCUT2D eigenvalue weighted by atomic mass is 10.0. The van der Waals surface area contributed by atoms with Crippen LogP contribution in [0.4, 0.5) is 0 Å². The summed E-state index contributed by atoms with van der Waals surface area (Å²) < 4.78 is 0. The molecule has 23 heavy (non-hydrogen) atoms. The Morgan fingerprint density at radius 3 is 1.39 bits per heavy atom. The van der Waals surface area contributed by atoms with Gasteiger partial charge in [0.05, 0.1) is 0 Å². The van der Waals surface area contributed by atoms with Crippen LogP contribution in [0.2, 0.25) is 0 Å². The van der Waals surface area contributed by atoms with Crippen LogP contribution in [0.5, 0.6) is 0 Å². The zero-order valence-corrected chi connectivity index (χ0v) is 16.3. The summed E-state index contributed by atoms with van der Waals surface area (Å²) in [6.45, 7) is 23.0. The molecular weight excluding hydrogens is 284 g/mol. The maximum absolute atomic E-state index is 2.71. The Balaban J connectivity index is 1.65. The second-order valence-electron chi connectivity index (χ2n) is 7.91. The fourth-order valence-corrected chi connectivity index (χ4v) is 4.06. The zero-order chi connectivity index (χ0) is 16.8. The van der Waals surface area contributed by atoms with E-state index in [1.54, 1.807) is 0 Å². The molecule has 0 aromatic heterocycles. The van der Waals surface area contributed by atoms with Crippen molar-refractivity contribution in [3.8, 4) is 0 Å². The third-order valence-corrected chi connectivity index (χ3v) is 6.18. The molecule has 0 aromatic rings. The third-order valence-electron chi connectivity index (χ3n) is 6.18. The Bertz CT molecular complexity index is 317. The maximum atomic E-state index is 2.71. The van der Waals surface area contributed by atoms with Crippen molar-refractivity contribution in [3.63, 3.8) is 0 Å². The smallest absolute Gasteiger partial charge is 0.0113 e. The van der Waals surface area contributed by atoms with Crippen molar-refractivity contribution in [2.24, 2.45) is 0 Å². The number of likely N-dealkylation sites (N-methyl/N-ethyl adjacent to an activating group) is 1. The van der Waals surface area contributed by atoms with Crippen molar-refractivity contribution >= 4 is 0 Å². The van der Waals surface area contributed by atoms with E-state index in [0.29, 0.717) is 6.04 Å². The van der Waals surface area contributed by atoms with Crippen LogP contribution < -0.4 is 0 Å². The topological polar surface area (TPSA) is 13.0 Å². The van der Waals surface area contributed by atoms with E-state index in [9.17, 15) is 0 Å². The summed E-state index contributed by atoms with van der Waals surface area (Å²) in [6.07, 6.45) is 2.69. The molecule has 0 radical (unpaired) electrons. The Morgan fingerprint density at radius 2 is 1.00 bits per heavy atom. The lowest BCUT2D eigenvalue weighted by Crippen LogP contribution is -2.52. The van der Waals surface area contributed by atoms with Gasteiger partial charge in [-0.05, 0) is 47.1 Å². The predicted molar refractivity (Wildman–Crippen MR) is 100 cm³/mol. The molecule has 2 fully saturated rings. The molecule has 2 unspecified atom stereocenters. The maximum Gasteiger partial charge on any atom is 0.0113 e. The van der Waals surface area contributed by atoms with Crippen LogP contribution in [0.25, 0.3) is 0 Å². The molecule has 2 aliphatic rings. The first-order chi connectivity index (χ1) is 11.0. The van der Waals surface area contributed by atoms with E-state index < -0.39 is 0 Å². The highest BCUT2D eigenvalue weighted by Gasteiger charge is 2.24. The molecule has 2 saturated heterocycles. The molecule has 0 aliphatic carbocycles. The second kappa shape index (κ2) is 9.36. The molecule has 2 rings (SSSR count). The Hall–Kier alpha value is -0.160. The molecule has 0 N–H and O–H groups in total. The van der Waals surface area contributed by atoms with Crippen molar-refractivity contribution in [2.75, 3.05) is 58.9 Å². The van der Waals surface area contributed by atoms with Gasteiger partial charge in [-0.1, -0.05) is 6.92 Å². The fourth-order valence-electron chi connectivity index (χ4n) is 4.06. The molecule has 0 saturated carbocycles. The monoisotopic (exact) mass is 324 g/mol. The summed E-state index contributed by atoms with van der Waals surface area (Å²) >= 11 is 0. The van der Waals surface area contributed by atoms with E-state index in [-0.39, 0.29) is 0 Å². The van der Waals surface area contributed by atoms with Gasteiger partial charge in [-0.25, -0.2) is 0 Å². The predicted octanol–water partition coefficient (Wildman–Crippen LogP) is 2.21. The summed E-state index contributed by atoms with van der Waals surface area (Å²) in [5.74, 6) is 0. The minimum Gasteiger partial charge on any atom is -0.301 e. The van der Waals surface area contributed by atoms with Crippen LogP contribution in [0.3, 0.4) is 0 Å². The fraction of sp³-hybridized carbons (Fsp3) is 1.00. The summed E-state index contributed by atoms with van der Waals surface area (Å²) in [7, 11) is 0. The first-order valence-electron chi connectivity index (χ1n) is 9.95. The van der Waals surface area contributed by atoms with E-state index in [0.717, 1.165) is 12.1 Å². The highest BCUT2D eigenvalue weighted by molar-refractivity contribution is 4.80. The normalized spacial score (nSPS) is 25.8. The van der Waals surface area contributed by atoms with Crippen LogP contribution >= 0.6 is 0 Å². The lowest BCUT2D eigenvalue weighted by Gasteiger charge is -2.41. The number of hydrogen-bond acceptors (Lipinski definition) is 4. The summed E-state index contributed by atoms with van der Waals surface area (Å²) in [5.41, 5.74) is 0. The van der Waals surface area contributed by atoms with E-state index in [1.807, 2.05) is 0 Å². The molecule has 2 aliphatic heterocycles. The van der Waals surface area contributed by atoms with Gasteiger partial charge in [0.2, 0.25) is 0 Å². The van der Waals surface area contributed by atoms with E-state index >= 15 is 0 Å². The van der Waals surface area contributed by atoms with Crippen molar-refractivity contribution < 1.29 is 0 Å². The first kappa shape index (κ1) is 19.2. The Kier molecular flexibility index (Phi) is 7.80. The molecule has 0 amide bonds. The molecule has 0 aromatic carbocycles. The van der Waals surface area contributed by atoms with Gasteiger partial charge in [0.1, 0.15) is 0 Å². The Morgan fingerprint density at radius 1 is 0.609 bits per heavy atom. The van der Waals surface area contributed by atoms with E-state index in [2.05, 4.69) is 54.2 Å². The van der Waals surface area contributed by atoms with Crippen LogP contribution in [-0.2, 0) is 0 Å². The van der Waals surface area contributed by atoms with Gasteiger partial charge in [0, 0.05) is 70.5 Å². The van der Waals surface area contributed by atoms with Gasteiger partial charge in [-0.15, -0.1) is 0 Å². The van der Waals surface area contributed by atoms with Crippen molar-refractivity contribution in [1.29, 1.82) is 0 Å². The molecule has 2 heterocycles. The van der Waals surface area contributed by atoms with Gasteiger partial charge >= 0.3 is 0 Å². The van der Waals surface area contributed by atoms with Crippen LogP contribution in [-0.4, -0.2) is 96.6 Å². The summed E-state index contributed by atoms with van der Waals surface area (Å²) in [5, 5.41) is 0. The average molecular weight is 325 g/mol. The summed E-state index contributed by atoms with van der Waals surface area (Å²) in [6, 6.07) is 2.19.